The summed E-state index contributed by atoms with van der Waals surface area (Å²) < 4.78 is 6.52. The van der Waals surface area contributed by atoms with E-state index < -0.39 is 0 Å². The van der Waals surface area contributed by atoms with Gasteiger partial charge in [0.2, 0.25) is 0 Å². The maximum atomic E-state index is 11.6. The zero-order valence-electron chi connectivity index (χ0n) is 11.5. The minimum atomic E-state index is -0.239. The third kappa shape index (κ3) is 4.60. The molecule has 0 bridgehead atoms. The molecule has 5 heteroatoms. The molecule has 1 rings (SSSR count). The standard InChI is InChI=1S/C14H18N2O3/c1-4-5-13(17)15(2)10-12-6-7-14(18)16(11-12)8-9-19-3/h6-7,11H,8-10H2,1-3H3. The Morgan fingerprint density at radius 3 is 2.84 bits per heavy atom. The normalized spacial score (nSPS) is 9.63. The van der Waals surface area contributed by atoms with Crippen molar-refractivity contribution in [1.82, 2.24) is 9.47 Å². The second-order valence-electron chi connectivity index (χ2n) is 4.10. The molecular weight excluding hydrogens is 244 g/mol. The molecule has 5 nitrogen and oxygen atoms in total. The van der Waals surface area contributed by atoms with Gasteiger partial charge in [0.15, 0.2) is 0 Å². The van der Waals surface area contributed by atoms with E-state index in [0.29, 0.717) is 19.7 Å². The number of ether oxygens (including phenoxy) is 1. The van der Waals surface area contributed by atoms with Crippen molar-refractivity contribution in [3.63, 3.8) is 0 Å². The van der Waals surface area contributed by atoms with Crippen LogP contribution in [0.25, 0.3) is 0 Å². The Hall–Kier alpha value is -2.06. The number of rotatable bonds is 5. The van der Waals surface area contributed by atoms with Gasteiger partial charge in [-0.1, -0.05) is 12.0 Å². The van der Waals surface area contributed by atoms with Crippen molar-refractivity contribution in [1.29, 1.82) is 0 Å². The summed E-state index contributed by atoms with van der Waals surface area (Å²) in [5.41, 5.74) is 0.799. The molecule has 0 saturated carbocycles. The zero-order chi connectivity index (χ0) is 14.3. The van der Waals surface area contributed by atoms with Crippen LogP contribution in [0.15, 0.2) is 23.1 Å². The molecule has 0 aromatic carbocycles. The van der Waals surface area contributed by atoms with E-state index in [1.807, 2.05) is 0 Å². The first-order valence-corrected chi connectivity index (χ1v) is 5.94. The SMILES string of the molecule is CC#CC(=O)N(C)Cc1ccc(=O)n(CCOC)c1. The van der Waals surface area contributed by atoms with E-state index in [1.54, 1.807) is 37.9 Å². The van der Waals surface area contributed by atoms with Crippen LogP contribution >= 0.6 is 0 Å². The summed E-state index contributed by atoms with van der Waals surface area (Å²) >= 11 is 0. The molecule has 0 aliphatic heterocycles. The number of methoxy groups -OCH3 is 1. The summed E-state index contributed by atoms with van der Waals surface area (Å²) in [6, 6.07) is 3.21. The topological polar surface area (TPSA) is 51.5 Å². The Morgan fingerprint density at radius 1 is 1.47 bits per heavy atom. The molecule has 1 amide bonds. The van der Waals surface area contributed by atoms with E-state index in [4.69, 9.17) is 4.74 Å². The summed E-state index contributed by atoms with van der Waals surface area (Å²) in [6.07, 6.45) is 1.74. The van der Waals surface area contributed by atoms with Gasteiger partial charge < -0.3 is 14.2 Å². The molecular formula is C14H18N2O3. The van der Waals surface area contributed by atoms with Crippen LogP contribution in [-0.4, -0.2) is 36.1 Å². The lowest BCUT2D eigenvalue weighted by atomic mass is 10.2. The van der Waals surface area contributed by atoms with Gasteiger partial charge in [0.25, 0.3) is 11.5 Å². The van der Waals surface area contributed by atoms with E-state index in [9.17, 15) is 9.59 Å². The summed E-state index contributed by atoms with van der Waals surface area (Å²) in [7, 11) is 3.27. The molecule has 0 spiro atoms. The number of nitrogens with zero attached hydrogens (tertiary/aromatic N) is 2. The second kappa shape index (κ2) is 7.39. The van der Waals surface area contributed by atoms with Crippen molar-refractivity contribution >= 4 is 5.91 Å². The molecule has 0 fully saturated rings. The molecule has 102 valence electrons. The van der Waals surface area contributed by atoms with Crippen molar-refractivity contribution < 1.29 is 9.53 Å². The first kappa shape index (κ1) is 15.0. The highest BCUT2D eigenvalue weighted by molar-refractivity contribution is 5.93. The van der Waals surface area contributed by atoms with Gasteiger partial charge in [-0.15, -0.1) is 0 Å². The first-order valence-electron chi connectivity index (χ1n) is 5.94. The Morgan fingerprint density at radius 2 is 2.21 bits per heavy atom. The fourth-order valence-corrected chi connectivity index (χ4v) is 1.59. The van der Waals surface area contributed by atoms with Crippen LogP contribution in [0.2, 0.25) is 0 Å². The van der Waals surface area contributed by atoms with Crippen LogP contribution in [-0.2, 0) is 22.6 Å². The van der Waals surface area contributed by atoms with Gasteiger partial charge in [0, 0.05) is 39.5 Å². The van der Waals surface area contributed by atoms with Crippen LogP contribution < -0.4 is 5.56 Å². The van der Waals surface area contributed by atoms with Gasteiger partial charge in [-0.2, -0.15) is 0 Å². The third-order valence-electron chi connectivity index (χ3n) is 2.58. The summed E-state index contributed by atoms with van der Waals surface area (Å²) in [5.74, 6) is 4.81. The van der Waals surface area contributed by atoms with Gasteiger partial charge >= 0.3 is 0 Å². The van der Waals surface area contributed by atoms with Crippen molar-refractivity contribution in [2.24, 2.45) is 0 Å². The van der Waals surface area contributed by atoms with Gasteiger partial charge in [-0.3, -0.25) is 9.59 Å². The molecule has 19 heavy (non-hydrogen) atoms. The predicted molar refractivity (Wildman–Crippen MR) is 72.5 cm³/mol. The van der Waals surface area contributed by atoms with Gasteiger partial charge in [-0.05, 0) is 18.4 Å². The van der Waals surface area contributed by atoms with Crippen LogP contribution in [0.3, 0.4) is 0 Å². The predicted octanol–water partition coefficient (Wildman–Crippen LogP) is 0.476. The maximum absolute atomic E-state index is 11.6. The number of amides is 1. The third-order valence-corrected chi connectivity index (χ3v) is 2.58. The van der Waals surface area contributed by atoms with Crippen LogP contribution in [0.5, 0.6) is 0 Å². The van der Waals surface area contributed by atoms with E-state index in [1.165, 1.54) is 11.0 Å². The number of carbonyl (C=O) groups excluding carboxylic acids is 1. The fraction of sp³-hybridized carbons (Fsp3) is 0.429. The smallest absolute Gasteiger partial charge is 0.298 e. The van der Waals surface area contributed by atoms with E-state index in [0.717, 1.165) is 5.56 Å². The minimum absolute atomic E-state index is 0.0804. The van der Waals surface area contributed by atoms with Gasteiger partial charge in [-0.25, -0.2) is 0 Å². The number of hydrogen-bond donors (Lipinski definition) is 0. The minimum Gasteiger partial charge on any atom is -0.383 e. The summed E-state index contributed by atoms with van der Waals surface area (Å²) in [5, 5.41) is 0. The highest BCUT2D eigenvalue weighted by Gasteiger charge is 2.07. The maximum Gasteiger partial charge on any atom is 0.298 e. The van der Waals surface area contributed by atoms with Crippen LogP contribution in [0.1, 0.15) is 12.5 Å². The van der Waals surface area contributed by atoms with E-state index in [2.05, 4.69) is 11.8 Å². The number of carbonyl (C=O) groups is 1. The Bertz CT molecular complexity index is 552. The molecule has 1 aromatic heterocycles. The van der Waals surface area contributed by atoms with Crippen molar-refractivity contribution in [2.45, 2.75) is 20.0 Å². The average Bonchev–Trinajstić information content (AvgIpc) is 2.39. The van der Waals surface area contributed by atoms with Crippen LogP contribution in [0.4, 0.5) is 0 Å². The largest absolute Gasteiger partial charge is 0.383 e. The van der Waals surface area contributed by atoms with Crippen molar-refractivity contribution in [3.8, 4) is 11.8 Å². The second-order valence-corrected chi connectivity index (χ2v) is 4.10. The van der Waals surface area contributed by atoms with E-state index >= 15 is 0 Å². The molecule has 0 saturated heterocycles. The van der Waals surface area contributed by atoms with Gasteiger partial charge in [0.1, 0.15) is 0 Å². The quantitative estimate of drug-likeness (QED) is 0.725. The van der Waals surface area contributed by atoms with Crippen molar-refractivity contribution in [2.75, 3.05) is 20.8 Å². The summed E-state index contributed by atoms with van der Waals surface area (Å²) in [4.78, 5) is 24.6. The molecule has 0 radical (unpaired) electrons. The Balaban J connectivity index is 2.81. The number of aromatic nitrogens is 1. The lowest BCUT2D eigenvalue weighted by Crippen LogP contribution is -2.26. The Kier molecular flexibility index (Phi) is 5.83. The molecule has 0 aliphatic carbocycles. The van der Waals surface area contributed by atoms with Crippen molar-refractivity contribution in [3.05, 3.63) is 34.2 Å². The number of hydrogen-bond acceptors (Lipinski definition) is 3. The first-order chi connectivity index (χ1) is 9.08. The molecule has 0 unspecified atom stereocenters. The monoisotopic (exact) mass is 262 g/mol. The molecule has 1 heterocycles. The molecule has 1 aromatic rings. The lowest BCUT2D eigenvalue weighted by molar-refractivity contribution is -0.124. The fourth-order valence-electron chi connectivity index (χ4n) is 1.59. The lowest BCUT2D eigenvalue weighted by Gasteiger charge is -2.15. The molecule has 0 N–H and O–H groups in total. The zero-order valence-corrected chi connectivity index (χ0v) is 11.5. The summed E-state index contributed by atoms with van der Waals surface area (Å²) in [6.45, 7) is 3.01. The highest BCUT2D eigenvalue weighted by Crippen LogP contribution is 2.01. The molecule has 0 atom stereocenters. The van der Waals surface area contributed by atoms with Crippen LogP contribution in [0, 0.1) is 11.8 Å². The molecule has 0 aliphatic rings. The average molecular weight is 262 g/mol. The van der Waals surface area contributed by atoms with Gasteiger partial charge in [0.05, 0.1) is 6.61 Å². The number of pyridine rings is 1. The highest BCUT2D eigenvalue weighted by atomic mass is 16.5. The van der Waals surface area contributed by atoms with E-state index in [-0.39, 0.29) is 11.5 Å². The Labute approximate surface area is 112 Å².